The van der Waals surface area contributed by atoms with E-state index in [1.54, 1.807) is 6.26 Å². The number of rotatable bonds is 4. The van der Waals surface area contributed by atoms with E-state index < -0.39 is 0 Å². The highest BCUT2D eigenvalue weighted by Crippen LogP contribution is 2.08. The molecule has 0 radical (unpaired) electrons. The van der Waals surface area contributed by atoms with Gasteiger partial charge in [0.15, 0.2) is 0 Å². The molecule has 84 valence electrons. The second-order valence-corrected chi connectivity index (χ2v) is 4.26. The molecule has 0 bridgehead atoms. The van der Waals surface area contributed by atoms with Crippen molar-refractivity contribution in [2.45, 2.75) is 6.54 Å². The molecule has 0 saturated carbocycles. The highest BCUT2D eigenvalue weighted by atomic mass is 35.5. The van der Waals surface area contributed by atoms with Crippen molar-refractivity contribution >= 4 is 11.6 Å². The number of alkyl halides is 1. The van der Waals surface area contributed by atoms with Crippen molar-refractivity contribution in [1.82, 2.24) is 9.80 Å². The van der Waals surface area contributed by atoms with E-state index >= 15 is 0 Å². The van der Waals surface area contributed by atoms with Gasteiger partial charge in [0.05, 0.1) is 12.8 Å². The van der Waals surface area contributed by atoms with Gasteiger partial charge in [0, 0.05) is 38.6 Å². The van der Waals surface area contributed by atoms with E-state index in [1.807, 2.05) is 12.1 Å². The third kappa shape index (κ3) is 3.23. The fourth-order valence-electron chi connectivity index (χ4n) is 1.91. The van der Waals surface area contributed by atoms with Crippen LogP contribution >= 0.6 is 11.6 Å². The van der Waals surface area contributed by atoms with Gasteiger partial charge in [-0.15, -0.1) is 11.6 Å². The molecular formula is C11H17ClN2O. The summed E-state index contributed by atoms with van der Waals surface area (Å²) in [6.07, 6.45) is 1.74. The molecule has 1 aliphatic heterocycles. The molecule has 4 heteroatoms. The zero-order valence-electron chi connectivity index (χ0n) is 8.86. The first kappa shape index (κ1) is 11.0. The summed E-state index contributed by atoms with van der Waals surface area (Å²) in [5, 5.41) is 0. The van der Waals surface area contributed by atoms with Gasteiger partial charge in [-0.05, 0) is 12.1 Å². The maximum atomic E-state index is 5.72. The highest BCUT2D eigenvalue weighted by molar-refractivity contribution is 6.18. The molecule has 0 N–H and O–H groups in total. The third-order valence-electron chi connectivity index (χ3n) is 2.83. The molecule has 2 rings (SSSR count). The van der Waals surface area contributed by atoms with Gasteiger partial charge in [0.1, 0.15) is 5.76 Å². The lowest BCUT2D eigenvalue weighted by Crippen LogP contribution is -2.46. The molecule has 3 nitrogen and oxygen atoms in total. The minimum absolute atomic E-state index is 0.734. The fourth-order valence-corrected chi connectivity index (χ4v) is 2.15. The summed E-state index contributed by atoms with van der Waals surface area (Å²) < 4.78 is 5.33. The van der Waals surface area contributed by atoms with Crippen LogP contribution in [0.4, 0.5) is 0 Å². The maximum absolute atomic E-state index is 5.72. The Morgan fingerprint density at radius 2 is 1.93 bits per heavy atom. The summed E-state index contributed by atoms with van der Waals surface area (Å²) in [6, 6.07) is 3.98. The van der Waals surface area contributed by atoms with Gasteiger partial charge in [-0.1, -0.05) is 0 Å². The highest BCUT2D eigenvalue weighted by Gasteiger charge is 2.16. The normalized spacial score (nSPS) is 19.5. The molecule has 2 heterocycles. The molecule has 1 fully saturated rings. The standard InChI is InChI=1S/C11H17ClN2O/c12-3-4-13-5-7-14(8-6-13)10-11-2-1-9-15-11/h1-2,9H,3-8,10H2. The van der Waals surface area contributed by atoms with Gasteiger partial charge in [0.25, 0.3) is 0 Å². The minimum atomic E-state index is 0.734. The zero-order valence-corrected chi connectivity index (χ0v) is 9.62. The second-order valence-electron chi connectivity index (χ2n) is 3.89. The molecular weight excluding hydrogens is 212 g/mol. The second kappa shape index (κ2) is 5.54. The molecule has 15 heavy (non-hydrogen) atoms. The number of furan rings is 1. The lowest BCUT2D eigenvalue weighted by atomic mass is 10.3. The Kier molecular flexibility index (Phi) is 4.06. The first-order valence-corrected chi connectivity index (χ1v) is 5.95. The molecule has 0 amide bonds. The number of halogens is 1. The van der Waals surface area contributed by atoms with Crippen LogP contribution in [-0.2, 0) is 6.54 Å². The van der Waals surface area contributed by atoms with E-state index in [0.29, 0.717) is 0 Å². The van der Waals surface area contributed by atoms with Gasteiger partial charge in [-0.25, -0.2) is 0 Å². The smallest absolute Gasteiger partial charge is 0.117 e. The van der Waals surface area contributed by atoms with Crippen LogP contribution in [0.5, 0.6) is 0 Å². The van der Waals surface area contributed by atoms with Gasteiger partial charge in [-0.3, -0.25) is 9.80 Å². The van der Waals surface area contributed by atoms with Crippen molar-refractivity contribution in [1.29, 1.82) is 0 Å². The number of piperazine rings is 1. The summed E-state index contributed by atoms with van der Waals surface area (Å²) in [5.74, 6) is 1.79. The quantitative estimate of drug-likeness (QED) is 0.731. The van der Waals surface area contributed by atoms with Crippen LogP contribution in [0.2, 0.25) is 0 Å². The molecule has 0 atom stereocenters. The van der Waals surface area contributed by atoms with E-state index in [9.17, 15) is 0 Å². The minimum Gasteiger partial charge on any atom is -0.468 e. The Balaban J connectivity index is 1.74. The van der Waals surface area contributed by atoms with Crippen molar-refractivity contribution in [3.05, 3.63) is 24.2 Å². The predicted molar refractivity (Wildman–Crippen MR) is 61.1 cm³/mol. The van der Waals surface area contributed by atoms with E-state index in [4.69, 9.17) is 16.0 Å². The van der Waals surface area contributed by atoms with Gasteiger partial charge < -0.3 is 4.42 Å². The van der Waals surface area contributed by atoms with Crippen molar-refractivity contribution < 1.29 is 4.42 Å². The number of hydrogen-bond donors (Lipinski definition) is 0. The summed E-state index contributed by atoms with van der Waals surface area (Å²) in [7, 11) is 0. The topological polar surface area (TPSA) is 19.6 Å². The van der Waals surface area contributed by atoms with Crippen LogP contribution < -0.4 is 0 Å². The van der Waals surface area contributed by atoms with E-state index in [1.165, 1.54) is 0 Å². The van der Waals surface area contributed by atoms with E-state index in [-0.39, 0.29) is 0 Å². The van der Waals surface area contributed by atoms with Gasteiger partial charge in [-0.2, -0.15) is 0 Å². The average molecular weight is 229 g/mol. The van der Waals surface area contributed by atoms with Crippen LogP contribution in [-0.4, -0.2) is 48.4 Å². The summed E-state index contributed by atoms with van der Waals surface area (Å²) in [4.78, 5) is 4.83. The molecule has 1 aromatic heterocycles. The lowest BCUT2D eigenvalue weighted by molar-refractivity contribution is 0.126. The largest absolute Gasteiger partial charge is 0.468 e. The Labute approximate surface area is 95.6 Å². The van der Waals surface area contributed by atoms with Gasteiger partial charge in [0.2, 0.25) is 0 Å². The molecule has 0 unspecified atom stereocenters. The van der Waals surface area contributed by atoms with Crippen LogP contribution in [0.15, 0.2) is 22.8 Å². The van der Waals surface area contributed by atoms with Crippen LogP contribution in [0.25, 0.3) is 0 Å². The van der Waals surface area contributed by atoms with E-state index in [0.717, 1.165) is 50.9 Å². The summed E-state index contributed by atoms with van der Waals surface area (Å²) in [5.41, 5.74) is 0. The molecule has 1 aliphatic rings. The zero-order chi connectivity index (χ0) is 10.5. The first-order valence-electron chi connectivity index (χ1n) is 5.41. The molecule has 0 aromatic carbocycles. The molecule has 0 aliphatic carbocycles. The third-order valence-corrected chi connectivity index (χ3v) is 2.99. The monoisotopic (exact) mass is 228 g/mol. The Bertz CT molecular complexity index is 268. The summed E-state index contributed by atoms with van der Waals surface area (Å²) in [6.45, 7) is 6.40. The Morgan fingerprint density at radius 1 is 1.20 bits per heavy atom. The SMILES string of the molecule is ClCCN1CCN(Cc2ccco2)CC1. The molecule has 1 saturated heterocycles. The van der Waals surface area contributed by atoms with Crippen LogP contribution in [0.1, 0.15) is 5.76 Å². The summed E-state index contributed by atoms with van der Waals surface area (Å²) >= 11 is 5.72. The maximum Gasteiger partial charge on any atom is 0.117 e. The number of hydrogen-bond acceptors (Lipinski definition) is 3. The fraction of sp³-hybridized carbons (Fsp3) is 0.636. The van der Waals surface area contributed by atoms with Crippen molar-refractivity contribution in [2.75, 3.05) is 38.6 Å². The van der Waals surface area contributed by atoms with Crippen LogP contribution in [0, 0.1) is 0 Å². The first-order chi connectivity index (χ1) is 7.38. The van der Waals surface area contributed by atoms with Crippen molar-refractivity contribution in [3.8, 4) is 0 Å². The average Bonchev–Trinajstić information content (AvgIpc) is 2.74. The molecule has 0 spiro atoms. The Morgan fingerprint density at radius 3 is 2.53 bits per heavy atom. The van der Waals surface area contributed by atoms with E-state index in [2.05, 4.69) is 9.80 Å². The molecule has 1 aromatic rings. The lowest BCUT2D eigenvalue weighted by Gasteiger charge is -2.33. The van der Waals surface area contributed by atoms with Crippen LogP contribution in [0.3, 0.4) is 0 Å². The van der Waals surface area contributed by atoms with Crippen molar-refractivity contribution in [2.24, 2.45) is 0 Å². The predicted octanol–water partition coefficient (Wildman–Crippen LogP) is 1.64. The van der Waals surface area contributed by atoms with Crippen molar-refractivity contribution in [3.63, 3.8) is 0 Å². The van der Waals surface area contributed by atoms with Gasteiger partial charge >= 0.3 is 0 Å². The number of nitrogens with zero attached hydrogens (tertiary/aromatic N) is 2. The Hall–Kier alpha value is -0.510.